The molecule has 6 heteroatoms. The van der Waals surface area contributed by atoms with Crippen molar-refractivity contribution in [2.24, 2.45) is 0 Å². The summed E-state index contributed by atoms with van der Waals surface area (Å²) in [5.41, 5.74) is 0.355. The number of hydrogen-bond donors (Lipinski definition) is 0. The first-order valence-corrected chi connectivity index (χ1v) is 7.81. The highest BCUT2D eigenvalue weighted by atomic mass is 32.3. The summed E-state index contributed by atoms with van der Waals surface area (Å²) in [6.45, 7) is 1.96. The van der Waals surface area contributed by atoms with Crippen LogP contribution in [0.1, 0.15) is 17.4 Å². The van der Waals surface area contributed by atoms with E-state index in [1.165, 1.54) is 29.5 Å². The Hall–Kier alpha value is -1.84. The van der Waals surface area contributed by atoms with E-state index in [1.807, 2.05) is 13.0 Å². The quantitative estimate of drug-likeness (QED) is 0.813. The molecule has 0 saturated heterocycles. The van der Waals surface area contributed by atoms with Gasteiger partial charge in [-0.1, -0.05) is 13.0 Å². The van der Waals surface area contributed by atoms with Crippen LogP contribution in [0.2, 0.25) is 0 Å². The SMILES string of the molecule is CCc1ccc(S(=O)(=O)Oc2cccc(C#N)c2)s1. The van der Waals surface area contributed by atoms with Crippen LogP contribution < -0.4 is 4.18 Å². The second kappa shape index (κ2) is 5.43. The minimum atomic E-state index is -3.82. The Morgan fingerprint density at radius 1 is 1.32 bits per heavy atom. The number of benzene rings is 1. The van der Waals surface area contributed by atoms with Crippen LogP contribution in [0.25, 0.3) is 0 Å². The zero-order chi connectivity index (χ0) is 13.9. The third-order valence-corrected chi connectivity index (χ3v) is 5.33. The smallest absolute Gasteiger partial charge is 0.348 e. The van der Waals surface area contributed by atoms with E-state index in [0.717, 1.165) is 11.3 Å². The normalized spacial score (nSPS) is 10.9. The van der Waals surface area contributed by atoms with Crippen LogP contribution in [0.5, 0.6) is 5.75 Å². The molecule has 19 heavy (non-hydrogen) atoms. The minimum absolute atomic E-state index is 0.144. The van der Waals surface area contributed by atoms with Crippen LogP contribution in [0, 0.1) is 11.3 Å². The third kappa shape index (κ3) is 3.13. The summed E-state index contributed by atoms with van der Waals surface area (Å²) in [6.07, 6.45) is 0.782. The van der Waals surface area contributed by atoms with Gasteiger partial charge in [0.2, 0.25) is 0 Å². The Morgan fingerprint density at radius 3 is 2.74 bits per heavy atom. The van der Waals surface area contributed by atoms with Crippen LogP contribution >= 0.6 is 11.3 Å². The lowest BCUT2D eigenvalue weighted by molar-refractivity contribution is 0.488. The van der Waals surface area contributed by atoms with Gasteiger partial charge in [-0.05, 0) is 36.8 Å². The monoisotopic (exact) mass is 293 g/mol. The number of rotatable bonds is 4. The Labute approximate surface area is 116 Å². The molecule has 0 unspecified atom stereocenters. The Kier molecular flexibility index (Phi) is 3.88. The van der Waals surface area contributed by atoms with Crippen LogP contribution in [0.3, 0.4) is 0 Å². The Bertz CT molecular complexity index is 726. The Morgan fingerprint density at radius 2 is 2.11 bits per heavy atom. The molecule has 2 aromatic rings. The molecular formula is C13H11NO3S2. The van der Waals surface area contributed by atoms with Crippen molar-refractivity contribution in [3.63, 3.8) is 0 Å². The van der Waals surface area contributed by atoms with E-state index in [4.69, 9.17) is 9.44 Å². The maximum atomic E-state index is 12.0. The average molecular weight is 293 g/mol. The molecule has 1 aromatic carbocycles. The molecule has 0 aliphatic rings. The summed E-state index contributed by atoms with van der Waals surface area (Å²) in [4.78, 5) is 0.980. The number of hydrogen-bond acceptors (Lipinski definition) is 5. The van der Waals surface area contributed by atoms with Gasteiger partial charge in [-0.25, -0.2) is 0 Å². The number of nitrogens with zero attached hydrogens (tertiary/aromatic N) is 1. The van der Waals surface area contributed by atoms with Crippen molar-refractivity contribution in [3.05, 3.63) is 46.8 Å². The number of thiophene rings is 1. The molecule has 1 aromatic heterocycles. The summed E-state index contributed by atoms with van der Waals surface area (Å²) >= 11 is 1.19. The molecule has 0 bridgehead atoms. The molecular weight excluding hydrogens is 282 g/mol. The van der Waals surface area contributed by atoms with Crippen molar-refractivity contribution in [1.29, 1.82) is 5.26 Å². The lowest BCUT2D eigenvalue weighted by atomic mass is 10.2. The summed E-state index contributed by atoms with van der Waals surface area (Å²) in [5.74, 6) is 0.144. The molecule has 0 radical (unpaired) electrons. The fraction of sp³-hybridized carbons (Fsp3) is 0.154. The molecule has 0 fully saturated rings. The van der Waals surface area contributed by atoms with Crippen LogP contribution in [0.4, 0.5) is 0 Å². The van der Waals surface area contributed by atoms with Gasteiger partial charge in [-0.3, -0.25) is 0 Å². The standard InChI is InChI=1S/C13H11NO3S2/c1-2-12-6-7-13(18-12)19(15,16)17-11-5-3-4-10(8-11)9-14/h3-8H,2H2,1H3. The molecule has 4 nitrogen and oxygen atoms in total. The second-order valence-electron chi connectivity index (χ2n) is 3.75. The highest BCUT2D eigenvalue weighted by molar-refractivity contribution is 7.89. The van der Waals surface area contributed by atoms with E-state index in [9.17, 15) is 8.42 Å². The van der Waals surface area contributed by atoms with Crippen molar-refractivity contribution in [1.82, 2.24) is 0 Å². The summed E-state index contributed by atoms with van der Waals surface area (Å²) < 4.78 is 29.3. The largest absolute Gasteiger partial charge is 0.378 e. The van der Waals surface area contributed by atoms with E-state index in [2.05, 4.69) is 0 Å². The van der Waals surface area contributed by atoms with Gasteiger partial charge in [0.25, 0.3) is 0 Å². The number of aryl methyl sites for hydroxylation is 1. The average Bonchev–Trinajstić information content (AvgIpc) is 2.88. The van der Waals surface area contributed by atoms with E-state index >= 15 is 0 Å². The van der Waals surface area contributed by atoms with Crippen LogP contribution in [0.15, 0.2) is 40.6 Å². The number of nitriles is 1. The predicted octanol–water partition coefficient (Wildman–Crippen LogP) is 2.95. The summed E-state index contributed by atoms with van der Waals surface area (Å²) in [7, 11) is -3.82. The van der Waals surface area contributed by atoms with E-state index in [0.29, 0.717) is 5.56 Å². The van der Waals surface area contributed by atoms with Crippen molar-refractivity contribution >= 4 is 21.5 Å². The topological polar surface area (TPSA) is 67.2 Å². The molecule has 0 spiro atoms. The predicted molar refractivity (Wildman–Crippen MR) is 72.7 cm³/mol. The van der Waals surface area contributed by atoms with Gasteiger partial charge in [0.1, 0.15) is 5.75 Å². The third-order valence-electron chi connectivity index (χ3n) is 2.40. The van der Waals surface area contributed by atoms with Gasteiger partial charge in [-0.15, -0.1) is 11.3 Å². The van der Waals surface area contributed by atoms with Crippen LogP contribution in [-0.4, -0.2) is 8.42 Å². The Balaban J connectivity index is 2.28. The maximum Gasteiger partial charge on any atom is 0.348 e. The highest BCUT2D eigenvalue weighted by Gasteiger charge is 2.19. The molecule has 0 amide bonds. The van der Waals surface area contributed by atoms with E-state index in [1.54, 1.807) is 18.2 Å². The van der Waals surface area contributed by atoms with Crippen LogP contribution in [-0.2, 0) is 16.5 Å². The maximum absolute atomic E-state index is 12.0. The van der Waals surface area contributed by atoms with Crippen molar-refractivity contribution in [3.8, 4) is 11.8 Å². The fourth-order valence-corrected chi connectivity index (χ4v) is 3.65. The minimum Gasteiger partial charge on any atom is -0.378 e. The molecule has 0 aliphatic carbocycles. The van der Waals surface area contributed by atoms with Gasteiger partial charge >= 0.3 is 10.1 Å². The second-order valence-corrected chi connectivity index (χ2v) is 6.69. The zero-order valence-electron chi connectivity index (χ0n) is 10.2. The first-order chi connectivity index (χ1) is 9.05. The molecule has 0 aliphatic heterocycles. The van der Waals surface area contributed by atoms with Gasteiger partial charge in [-0.2, -0.15) is 13.7 Å². The van der Waals surface area contributed by atoms with Gasteiger partial charge in [0, 0.05) is 4.88 Å². The fourth-order valence-electron chi connectivity index (χ4n) is 1.47. The van der Waals surface area contributed by atoms with Gasteiger partial charge in [0.15, 0.2) is 4.21 Å². The van der Waals surface area contributed by atoms with Gasteiger partial charge < -0.3 is 4.18 Å². The van der Waals surface area contributed by atoms with Crippen molar-refractivity contribution < 1.29 is 12.6 Å². The van der Waals surface area contributed by atoms with E-state index in [-0.39, 0.29) is 9.96 Å². The molecule has 0 saturated carbocycles. The summed E-state index contributed by atoms with van der Waals surface area (Å²) in [5, 5.41) is 8.76. The first kappa shape index (κ1) is 13.6. The molecule has 0 atom stereocenters. The molecule has 2 rings (SSSR count). The zero-order valence-corrected chi connectivity index (χ0v) is 11.8. The lowest BCUT2D eigenvalue weighted by Crippen LogP contribution is -2.07. The van der Waals surface area contributed by atoms with Crippen molar-refractivity contribution in [2.45, 2.75) is 17.6 Å². The van der Waals surface area contributed by atoms with Crippen molar-refractivity contribution in [2.75, 3.05) is 0 Å². The molecule has 0 N–H and O–H groups in total. The van der Waals surface area contributed by atoms with Gasteiger partial charge in [0.05, 0.1) is 11.6 Å². The lowest BCUT2D eigenvalue weighted by Gasteiger charge is -2.04. The molecule has 1 heterocycles. The highest BCUT2D eigenvalue weighted by Crippen LogP contribution is 2.25. The first-order valence-electron chi connectivity index (χ1n) is 5.58. The molecule has 98 valence electrons. The summed E-state index contributed by atoms with van der Waals surface area (Å²) in [6, 6.07) is 11.3. The van der Waals surface area contributed by atoms with E-state index < -0.39 is 10.1 Å².